The number of hydrogen-bond donors (Lipinski definition) is 0. The van der Waals surface area contributed by atoms with Crippen LogP contribution in [-0.2, 0) is 0 Å². The Morgan fingerprint density at radius 1 is 0.750 bits per heavy atom. The highest BCUT2D eigenvalue weighted by atomic mass is 16.5. The maximum Gasteiger partial charge on any atom is 0.254 e. The van der Waals surface area contributed by atoms with Gasteiger partial charge in [0.05, 0.1) is 23.9 Å². The lowest BCUT2D eigenvalue weighted by Gasteiger charge is -2.42. The molecule has 0 spiro atoms. The number of fused-ring (bicyclic) bond motifs is 1. The zero-order valence-corrected chi connectivity index (χ0v) is 22.8. The minimum absolute atomic E-state index is 0.0521. The summed E-state index contributed by atoms with van der Waals surface area (Å²) < 4.78 is 5.30. The second-order valence-corrected chi connectivity index (χ2v) is 10.5. The second-order valence-electron chi connectivity index (χ2n) is 10.5. The minimum Gasteiger partial charge on any atom is -0.497 e. The second kappa shape index (κ2) is 11.5. The van der Waals surface area contributed by atoms with Gasteiger partial charge in [-0.1, -0.05) is 36.4 Å². The Balaban J connectivity index is 1.12. The molecule has 0 saturated carbocycles. The number of nitrogens with zero attached hydrogens (tertiary/aromatic N) is 4. The number of piperidine rings is 1. The van der Waals surface area contributed by atoms with Gasteiger partial charge < -0.3 is 14.5 Å². The molecule has 4 aromatic rings. The van der Waals surface area contributed by atoms with Gasteiger partial charge >= 0.3 is 0 Å². The Labute approximate surface area is 235 Å². The molecule has 7 nitrogen and oxygen atoms in total. The van der Waals surface area contributed by atoms with Crippen LogP contribution in [0.25, 0.3) is 22.2 Å². The highest BCUT2D eigenvalue weighted by Crippen LogP contribution is 2.28. The van der Waals surface area contributed by atoms with Gasteiger partial charge in [-0.2, -0.15) is 0 Å². The van der Waals surface area contributed by atoms with Crippen LogP contribution in [0.15, 0.2) is 84.9 Å². The van der Waals surface area contributed by atoms with E-state index in [9.17, 15) is 9.59 Å². The number of para-hydroxylation sites is 1. The number of amides is 2. The van der Waals surface area contributed by atoms with Crippen molar-refractivity contribution in [2.75, 3.05) is 46.4 Å². The van der Waals surface area contributed by atoms with Crippen molar-refractivity contribution in [3.63, 3.8) is 0 Å². The highest BCUT2D eigenvalue weighted by Gasteiger charge is 2.31. The quantitative estimate of drug-likeness (QED) is 0.362. The average molecular weight is 535 g/mol. The first kappa shape index (κ1) is 26.0. The van der Waals surface area contributed by atoms with Gasteiger partial charge in [0.1, 0.15) is 5.75 Å². The first-order valence-corrected chi connectivity index (χ1v) is 14.0. The molecule has 0 N–H and O–H groups in total. The number of piperazine rings is 1. The SMILES string of the molecule is COc1ccc(-c2cc(C(=O)N3CCN(C4CCN(C(=O)c5ccccc5)CC4)CC3)c3ccccc3n2)cc1. The van der Waals surface area contributed by atoms with Crippen LogP contribution in [0.3, 0.4) is 0 Å². The summed E-state index contributed by atoms with van der Waals surface area (Å²) in [5, 5.41) is 0.877. The van der Waals surface area contributed by atoms with Gasteiger partial charge in [-0.15, -0.1) is 0 Å². The summed E-state index contributed by atoms with van der Waals surface area (Å²) in [5.74, 6) is 0.955. The summed E-state index contributed by atoms with van der Waals surface area (Å²) in [6.45, 7) is 4.62. The van der Waals surface area contributed by atoms with Gasteiger partial charge in [0, 0.05) is 61.8 Å². The topological polar surface area (TPSA) is 66.0 Å². The molecule has 3 heterocycles. The number of methoxy groups -OCH3 is 1. The fourth-order valence-corrected chi connectivity index (χ4v) is 5.92. The lowest BCUT2D eigenvalue weighted by molar-refractivity contribution is 0.0413. The molecule has 2 amide bonds. The first-order valence-electron chi connectivity index (χ1n) is 14.0. The normalized spacial score (nSPS) is 16.7. The number of carbonyl (C=O) groups is 2. The van der Waals surface area contributed by atoms with E-state index in [2.05, 4.69) is 4.90 Å². The van der Waals surface area contributed by atoms with Gasteiger partial charge in [0.25, 0.3) is 11.8 Å². The maximum atomic E-state index is 13.8. The molecule has 1 aromatic heterocycles. The van der Waals surface area contributed by atoms with Crippen LogP contribution in [0.1, 0.15) is 33.6 Å². The molecule has 7 heteroatoms. The van der Waals surface area contributed by atoms with Crippen molar-refractivity contribution in [2.24, 2.45) is 0 Å². The Morgan fingerprint density at radius 3 is 2.10 bits per heavy atom. The fraction of sp³-hybridized carbons (Fsp3) is 0.303. The van der Waals surface area contributed by atoms with Crippen molar-refractivity contribution in [1.82, 2.24) is 19.7 Å². The summed E-state index contributed by atoms with van der Waals surface area (Å²) in [7, 11) is 1.65. The van der Waals surface area contributed by atoms with E-state index in [0.29, 0.717) is 24.7 Å². The Hall–Kier alpha value is -4.23. The number of ether oxygens (including phenoxy) is 1. The summed E-state index contributed by atoms with van der Waals surface area (Å²) in [6, 6.07) is 27.5. The third-order valence-electron chi connectivity index (χ3n) is 8.22. The fourth-order valence-electron chi connectivity index (χ4n) is 5.92. The summed E-state index contributed by atoms with van der Waals surface area (Å²) in [5.41, 5.74) is 3.99. The zero-order valence-electron chi connectivity index (χ0n) is 22.8. The molecular formula is C33H34N4O3. The highest BCUT2D eigenvalue weighted by molar-refractivity contribution is 6.07. The maximum absolute atomic E-state index is 13.8. The van der Waals surface area contributed by atoms with Gasteiger partial charge in [-0.05, 0) is 61.4 Å². The summed E-state index contributed by atoms with van der Waals surface area (Å²) in [4.78, 5) is 38.0. The Bertz CT molecular complexity index is 1490. The van der Waals surface area contributed by atoms with Crippen LogP contribution in [-0.4, -0.2) is 83.9 Å². The van der Waals surface area contributed by atoms with Crippen LogP contribution in [0.2, 0.25) is 0 Å². The molecule has 0 aliphatic carbocycles. The molecule has 2 saturated heterocycles. The summed E-state index contributed by atoms with van der Waals surface area (Å²) in [6.07, 6.45) is 1.93. The largest absolute Gasteiger partial charge is 0.497 e. The first-order chi connectivity index (χ1) is 19.6. The van der Waals surface area contributed by atoms with Crippen molar-refractivity contribution in [1.29, 1.82) is 0 Å². The molecule has 0 unspecified atom stereocenters. The molecule has 2 fully saturated rings. The van der Waals surface area contributed by atoms with Gasteiger partial charge in [0.15, 0.2) is 0 Å². The zero-order chi connectivity index (χ0) is 27.5. The molecule has 2 aliphatic heterocycles. The van der Waals surface area contributed by atoms with Crippen molar-refractivity contribution in [3.05, 3.63) is 96.1 Å². The lowest BCUT2D eigenvalue weighted by atomic mass is 10.0. The molecule has 204 valence electrons. The molecule has 0 bridgehead atoms. The number of likely N-dealkylation sites (tertiary alicyclic amines) is 1. The smallest absolute Gasteiger partial charge is 0.254 e. The predicted octanol–water partition coefficient (Wildman–Crippen LogP) is 4.97. The molecular weight excluding hydrogens is 500 g/mol. The lowest BCUT2D eigenvalue weighted by Crippen LogP contribution is -2.54. The van der Waals surface area contributed by atoms with Crippen LogP contribution < -0.4 is 4.74 Å². The van der Waals surface area contributed by atoms with E-state index in [1.165, 1.54) is 0 Å². The Morgan fingerprint density at radius 2 is 1.40 bits per heavy atom. The van der Waals surface area contributed by atoms with Crippen LogP contribution in [0, 0.1) is 0 Å². The molecule has 0 radical (unpaired) electrons. The van der Waals surface area contributed by atoms with E-state index >= 15 is 0 Å². The van der Waals surface area contributed by atoms with Gasteiger partial charge in [-0.3, -0.25) is 14.5 Å². The van der Waals surface area contributed by atoms with Crippen molar-refractivity contribution in [3.8, 4) is 17.0 Å². The van der Waals surface area contributed by atoms with E-state index in [-0.39, 0.29) is 11.8 Å². The summed E-state index contributed by atoms with van der Waals surface area (Å²) >= 11 is 0. The van der Waals surface area contributed by atoms with Crippen LogP contribution in [0.4, 0.5) is 0 Å². The Kier molecular flexibility index (Phi) is 7.47. The average Bonchev–Trinajstić information content (AvgIpc) is 3.04. The number of pyridine rings is 1. The standard InChI is InChI=1S/C33H34N4O3/c1-40-27-13-11-24(12-14-27)31-23-29(28-9-5-6-10-30(28)34-31)33(39)37-21-19-35(20-22-37)26-15-17-36(18-16-26)32(38)25-7-3-2-4-8-25/h2-14,23,26H,15-22H2,1H3. The van der Waals surface area contributed by atoms with Crippen molar-refractivity contribution < 1.29 is 14.3 Å². The van der Waals surface area contributed by atoms with Gasteiger partial charge in [0.2, 0.25) is 0 Å². The molecule has 40 heavy (non-hydrogen) atoms. The number of rotatable bonds is 5. The predicted molar refractivity (Wildman–Crippen MR) is 157 cm³/mol. The molecule has 0 atom stereocenters. The number of hydrogen-bond acceptors (Lipinski definition) is 5. The van der Waals surface area contributed by atoms with Crippen LogP contribution >= 0.6 is 0 Å². The minimum atomic E-state index is 0.0521. The number of aromatic nitrogens is 1. The van der Waals surface area contributed by atoms with Crippen molar-refractivity contribution >= 4 is 22.7 Å². The van der Waals surface area contributed by atoms with E-state index in [1.54, 1.807) is 7.11 Å². The molecule has 2 aliphatic rings. The van der Waals surface area contributed by atoms with E-state index in [1.807, 2.05) is 94.7 Å². The van der Waals surface area contributed by atoms with Gasteiger partial charge in [-0.25, -0.2) is 4.98 Å². The van der Waals surface area contributed by atoms with E-state index in [0.717, 1.165) is 72.5 Å². The molecule has 3 aromatic carbocycles. The molecule has 6 rings (SSSR count). The van der Waals surface area contributed by atoms with Crippen molar-refractivity contribution in [2.45, 2.75) is 18.9 Å². The van der Waals surface area contributed by atoms with E-state index < -0.39 is 0 Å². The monoisotopic (exact) mass is 534 g/mol. The third-order valence-corrected chi connectivity index (χ3v) is 8.22. The number of benzene rings is 3. The van der Waals surface area contributed by atoms with Crippen LogP contribution in [0.5, 0.6) is 5.75 Å². The van der Waals surface area contributed by atoms with E-state index in [4.69, 9.17) is 9.72 Å². The third kappa shape index (κ3) is 5.29. The number of carbonyl (C=O) groups excluding carboxylic acids is 2.